The van der Waals surface area contributed by atoms with Gasteiger partial charge in [-0.1, -0.05) is 54.1 Å². The zero-order valence-electron chi connectivity index (χ0n) is 18.6. The Balaban J connectivity index is 1.50. The predicted octanol–water partition coefficient (Wildman–Crippen LogP) is 5.73. The van der Waals surface area contributed by atoms with Crippen LogP contribution in [0.4, 0.5) is 11.4 Å². The van der Waals surface area contributed by atoms with E-state index in [0.717, 1.165) is 28.1 Å². The zero-order valence-corrected chi connectivity index (χ0v) is 20.2. The van der Waals surface area contributed by atoms with Gasteiger partial charge in [0.2, 0.25) is 5.91 Å². The number of sulfonamides is 1. The molecular weight excluding hydrogens is 468 g/mol. The standard InChI is InChI=1S/C27H23ClN2O3S/c1-18-5-2-3-8-25(18)30(34(32,33)22-14-12-21(28)13-15-22)17-26(31)29-24-16-11-20-10-9-19-6-4-7-23(24)27(19)20/h2-8,11-16H,9-10,17H2,1H3,(H,29,31). The van der Waals surface area contributed by atoms with Crippen LogP contribution in [-0.2, 0) is 27.7 Å². The van der Waals surface area contributed by atoms with E-state index in [1.54, 1.807) is 12.1 Å². The Morgan fingerprint density at radius 3 is 2.35 bits per heavy atom. The number of hydrogen-bond donors (Lipinski definition) is 1. The Morgan fingerprint density at radius 2 is 1.62 bits per heavy atom. The van der Waals surface area contributed by atoms with Crippen molar-refractivity contribution in [2.75, 3.05) is 16.2 Å². The number of aryl methyl sites for hydroxylation is 3. The van der Waals surface area contributed by atoms with Gasteiger partial charge in [0.1, 0.15) is 6.54 Å². The summed E-state index contributed by atoms with van der Waals surface area (Å²) in [4.78, 5) is 13.3. The first-order valence-electron chi connectivity index (χ1n) is 11.0. The van der Waals surface area contributed by atoms with E-state index in [1.807, 2.05) is 43.3 Å². The van der Waals surface area contributed by atoms with Crippen LogP contribution >= 0.6 is 11.6 Å². The first kappa shape index (κ1) is 22.4. The van der Waals surface area contributed by atoms with Crippen molar-refractivity contribution in [1.82, 2.24) is 0 Å². The minimum atomic E-state index is -4.01. The van der Waals surface area contributed by atoms with Gasteiger partial charge in [-0.3, -0.25) is 9.10 Å². The molecule has 1 amide bonds. The second-order valence-corrected chi connectivity index (χ2v) is 10.7. The molecule has 7 heteroatoms. The highest BCUT2D eigenvalue weighted by molar-refractivity contribution is 7.92. The lowest BCUT2D eigenvalue weighted by Crippen LogP contribution is -2.38. The Labute approximate surface area is 204 Å². The van der Waals surface area contributed by atoms with E-state index in [4.69, 9.17) is 11.6 Å². The number of nitrogens with one attached hydrogen (secondary N) is 1. The van der Waals surface area contributed by atoms with Gasteiger partial charge in [-0.25, -0.2) is 8.42 Å². The molecule has 0 heterocycles. The predicted molar refractivity (Wildman–Crippen MR) is 137 cm³/mol. The van der Waals surface area contributed by atoms with Crippen LogP contribution in [0.3, 0.4) is 0 Å². The number of hydrogen-bond acceptors (Lipinski definition) is 3. The summed E-state index contributed by atoms with van der Waals surface area (Å²) in [6.45, 7) is 1.46. The highest BCUT2D eigenvalue weighted by atomic mass is 35.5. The Morgan fingerprint density at radius 1 is 0.912 bits per heavy atom. The van der Waals surface area contributed by atoms with Crippen molar-refractivity contribution in [2.45, 2.75) is 24.7 Å². The number of carbonyl (C=O) groups is 1. The summed E-state index contributed by atoms with van der Waals surface area (Å²) in [6, 6.07) is 23.1. The molecular formula is C27H23ClN2O3S. The lowest BCUT2D eigenvalue weighted by Gasteiger charge is -2.25. The summed E-state index contributed by atoms with van der Waals surface area (Å²) in [7, 11) is -4.01. The van der Waals surface area contributed by atoms with E-state index in [9.17, 15) is 13.2 Å². The lowest BCUT2D eigenvalue weighted by atomic mass is 10.0. The zero-order chi connectivity index (χ0) is 23.9. The van der Waals surface area contributed by atoms with Gasteiger partial charge in [0, 0.05) is 16.1 Å². The van der Waals surface area contributed by atoms with Crippen LogP contribution in [0.2, 0.25) is 5.02 Å². The van der Waals surface area contributed by atoms with Crippen LogP contribution in [0.15, 0.2) is 83.8 Å². The van der Waals surface area contributed by atoms with Crippen LogP contribution in [0.25, 0.3) is 10.8 Å². The first-order chi connectivity index (χ1) is 16.3. The van der Waals surface area contributed by atoms with Crippen molar-refractivity contribution in [3.8, 4) is 0 Å². The van der Waals surface area contributed by atoms with E-state index in [0.29, 0.717) is 16.4 Å². The molecule has 0 aliphatic heterocycles. The van der Waals surface area contributed by atoms with Crippen LogP contribution in [0.5, 0.6) is 0 Å². The third-order valence-corrected chi connectivity index (χ3v) is 8.25. The van der Waals surface area contributed by atoms with Crippen LogP contribution in [0, 0.1) is 6.92 Å². The Kier molecular flexibility index (Phi) is 5.80. The van der Waals surface area contributed by atoms with Crippen molar-refractivity contribution < 1.29 is 13.2 Å². The SMILES string of the molecule is Cc1ccccc1N(CC(=O)Nc1ccc2c3c(cccc13)CC2)S(=O)(=O)c1ccc(Cl)cc1. The molecule has 0 unspecified atom stereocenters. The van der Waals surface area contributed by atoms with E-state index in [1.165, 1.54) is 40.8 Å². The van der Waals surface area contributed by atoms with Crippen LogP contribution in [-0.4, -0.2) is 20.9 Å². The van der Waals surface area contributed by atoms with Crippen molar-refractivity contribution in [2.24, 2.45) is 0 Å². The summed E-state index contributed by atoms with van der Waals surface area (Å²) in [6.07, 6.45) is 1.98. The van der Waals surface area contributed by atoms with Gasteiger partial charge < -0.3 is 5.32 Å². The molecule has 4 aromatic carbocycles. The fourth-order valence-corrected chi connectivity index (χ4v) is 6.16. The number of rotatable bonds is 6. The number of benzene rings is 4. The molecule has 0 atom stereocenters. The molecule has 0 radical (unpaired) electrons. The normalized spacial score (nSPS) is 12.6. The number of amides is 1. The fraction of sp³-hybridized carbons (Fsp3) is 0.148. The smallest absolute Gasteiger partial charge is 0.264 e. The van der Waals surface area contributed by atoms with Gasteiger partial charge in [0.15, 0.2) is 0 Å². The topological polar surface area (TPSA) is 66.5 Å². The van der Waals surface area contributed by atoms with Gasteiger partial charge in [-0.15, -0.1) is 0 Å². The van der Waals surface area contributed by atoms with Crippen LogP contribution < -0.4 is 9.62 Å². The van der Waals surface area contributed by atoms with Crippen LogP contribution in [0.1, 0.15) is 16.7 Å². The lowest BCUT2D eigenvalue weighted by molar-refractivity contribution is -0.114. The Bertz CT molecular complexity index is 1500. The maximum atomic E-state index is 13.6. The van der Waals surface area contributed by atoms with Gasteiger partial charge >= 0.3 is 0 Å². The minimum absolute atomic E-state index is 0.0679. The fourth-order valence-electron chi connectivity index (χ4n) is 4.55. The molecule has 34 heavy (non-hydrogen) atoms. The molecule has 1 aliphatic rings. The number of carbonyl (C=O) groups excluding carboxylic acids is 1. The highest BCUT2D eigenvalue weighted by Gasteiger charge is 2.28. The molecule has 172 valence electrons. The van der Waals surface area contributed by atoms with Gasteiger partial charge in [-0.05, 0) is 78.2 Å². The Hall–Kier alpha value is -3.35. The molecule has 1 N–H and O–H groups in total. The molecule has 4 aromatic rings. The van der Waals surface area contributed by atoms with Crippen molar-refractivity contribution in [3.63, 3.8) is 0 Å². The molecule has 0 bridgehead atoms. The monoisotopic (exact) mass is 490 g/mol. The number of para-hydroxylation sites is 1. The van der Waals surface area contributed by atoms with Crippen molar-refractivity contribution in [1.29, 1.82) is 0 Å². The molecule has 0 fully saturated rings. The number of nitrogens with zero attached hydrogens (tertiary/aromatic N) is 1. The summed E-state index contributed by atoms with van der Waals surface area (Å²) < 4.78 is 28.3. The maximum absolute atomic E-state index is 13.6. The third kappa shape index (κ3) is 4.04. The number of anilines is 2. The third-order valence-electron chi connectivity index (χ3n) is 6.22. The number of halogens is 1. The minimum Gasteiger partial charge on any atom is -0.324 e. The quantitative estimate of drug-likeness (QED) is 0.375. The maximum Gasteiger partial charge on any atom is 0.264 e. The van der Waals surface area contributed by atoms with Gasteiger partial charge in [-0.2, -0.15) is 0 Å². The van der Waals surface area contributed by atoms with E-state index in [2.05, 4.69) is 11.4 Å². The second kappa shape index (κ2) is 8.78. The summed E-state index contributed by atoms with van der Waals surface area (Å²) in [5.41, 5.74) is 4.43. The van der Waals surface area contributed by atoms with E-state index >= 15 is 0 Å². The van der Waals surface area contributed by atoms with E-state index in [-0.39, 0.29) is 11.4 Å². The van der Waals surface area contributed by atoms with Crippen molar-refractivity contribution >= 4 is 49.7 Å². The van der Waals surface area contributed by atoms with E-state index < -0.39 is 15.9 Å². The first-order valence-corrected chi connectivity index (χ1v) is 12.8. The largest absolute Gasteiger partial charge is 0.324 e. The summed E-state index contributed by atoms with van der Waals surface area (Å²) in [5, 5.41) is 5.55. The molecule has 1 aliphatic carbocycles. The molecule has 5 nitrogen and oxygen atoms in total. The molecule has 5 rings (SSSR count). The van der Waals surface area contributed by atoms with Gasteiger partial charge in [0.25, 0.3) is 10.0 Å². The highest BCUT2D eigenvalue weighted by Crippen LogP contribution is 2.35. The molecule has 0 spiro atoms. The second-order valence-electron chi connectivity index (χ2n) is 8.41. The molecule has 0 saturated heterocycles. The summed E-state index contributed by atoms with van der Waals surface area (Å²) in [5.74, 6) is -0.417. The average Bonchev–Trinajstić information content (AvgIpc) is 3.25. The molecule has 0 aromatic heterocycles. The van der Waals surface area contributed by atoms with Gasteiger partial charge in [0.05, 0.1) is 10.6 Å². The van der Waals surface area contributed by atoms with Crippen molar-refractivity contribution in [3.05, 3.63) is 101 Å². The molecule has 0 saturated carbocycles. The average molecular weight is 491 g/mol. The summed E-state index contributed by atoms with van der Waals surface area (Å²) >= 11 is 5.96.